The first-order valence-electron chi connectivity index (χ1n) is 12.8. The minimum atomic E-state index is -1.88. The first kappa shape index (κ1) is 26.7. The highest BCUT2D eigenvalue weighted by molar-refractivity contribution is 6.89. The van der Waals surface area contributed by atoms with Gasteiger partial charge in [0.05, 0.1) is 12.1 Å². The maximum absolute atomic E-state index is 11.0. The van der Waals surface area contributed by atoms with Crippen LogP contribution < -0.4 is 5.32 Å². The lowest BCUT2D eigenvalue weighted by molar-refractivity contribution is -0.107. The molecule has 0 aromatic heterocycles. The van der Waals surface area contributed by atoms with Gasteiger partial charge in [-0.05, 0) is 40.2 Å². The van der Waals surface area contributed by atoms with Gasteiger partial charge in [0.25, 0.3) is 0 Å². The fraction of sp³-hybridized carbons (Fsp3) is 0.344. The number of hydrogen-bond donors (Lipinski definition) is 1. The summed E-state index contributed by atoms with van der Waals surface area (Å²) in [7, 11) is -1.88. The van der Waals surface area contributed by atoms with E-state index in [1.807, 2.05) is 0 Å². The van der Waals surface area contributed by atoms with Crippen LogP contribution in [0, 0.1) is 11.5 Å². The van der Waals surface area contributed by atoms with Gasteiger partial charge in [-0.25, -0.2) is 0 Å². The minimum absolute atomic E-state index is 0.504. The molecule has 3 aromatic rings. The van der Waals surface area contributed by atoms with Gasteiger partial charge in [0.2, 0.25) is 0 Å². The van der Waals surface area contributed by atoms with E-state index in [4.69, 9.17) is 0 Å². The number of benzene rings is 3. The van der Waals surface area contributed by atoms with Gasteiger partial charge in [0, 0.05) is 6.42 Å². The highest BCUT2D eigenvalue weighted by Gasteiger charge is 2.38. The number of rotatable bonds is 11. The average molecular weight is 482 g/mol. The van der Waals surface area contributed by atoms with E-state index in [1.165, 1.54) is 16.7 Å². The predicted octanol–water partition coefficient (Wildman–Crippen LogP) is 7.36. The maximum Gasteiger partial charge on any atom is 0.143 e. The van der Waals surface area contributed by atoms with Crippen molar-refractivity contribution in [2.75, 3.05) is 6.54 Å². The summed E-state index contributed by atoms with van der Waals surface area (Å²) in [5.41, 5.74) is 8.00. The lowest BCUT2D eigenvalue weighted by Gasteiger charge is -2.37. The molecule has 0 saturated carbocycles. The molecule has 0 bridgehead atoms. The van der Waals surface area contributed by atoms with Crippen LogP contribution in [0.5, 0.6) is 0 Å². The molecule has 2 nitrogen and oxygen atoms in total. The molecular weight excluding hydrogens is 442 g/mol. The summed E-state index contributed by atoms with van der Waals surface area (Å²) in [4.78, 5) is 11.0. The molecule has 0 amide bonds. The molecule has 0 radical (unpaired) electrons. The molecule has 3 rings (SSSR count). The van der Waals surface area contributed by atoms with Crippen LogP contribution in [0.3, 0.4) is 0 Å². The average Bonchev–Trinajstić information content (AvgIpc) is 2.89. The fourth-order valence-electron chi connectivity index (χ4n) is 5.33. The Kier molecular flexibility index (Phi) is 9.66. The van der Waals surface area contributed by atoms with Crippen molar-refractivity contribution in [2.24, 2.45) is 0 Å². The van der Waals surface area contributed by atoms with Crippen LogP contribution in [0.25, 0.3) is 0 Å². The van der Waals surface area contributed by atoms with Crippen molar-refractivity contribution in [1.82, 2.24) is 5.32 Å². The van der Waals surface area contributed by atoms with Gasteiger partial charge in [0.1, 0.15) is 14.4 Å². The summed E-state index contributed by atoms with van der Waals surface area (Å²) in [6.07, 6.45) is 2.62. The molecule has 0 heterocycles. The largest absolute Gasteiger partial charge is 0.303 e. The molecule has 0 saturated heterocycles. The lowest BCUT2D eigenvalue weighted by atomic mass is 9.77. The molecule has 0 unspecified atom stereocenters. The van der Waals surface area contributed by atoms with Crippen molar-refractivity contribution in [2.45, 2.75) is 63.2 Å². The van der Waals surface area contributed by atoms with Crippen molar-refractivity contribution in [3.8, 4) is 11.5 Å². The number of aldehydes is 1. The summed E-state index contributed by atoms with van der Waals surface area (Å²) in [5.74, 6) is 3.59. The molecule has 1 N–H and O–H groups in total. The zero-order valence-corrected chi connectivity index (χ0v) is 22.6. The first-order valence-corrected chi connectivity index (χ1v) is 15.2. The van der Waals surface area contributed by atoms with Crippen LogP contribution >= 0.6 is 0 Å². The Hall–Kier alpha value is -2.93. The number of unbranched alkanes of at least 4 members (excludes halogenated alkanes) is 1. The van der Waals surface area contributed by atoms with Gasteiger partial charge in [0.15, 0.2) is 0 Å². The van der Waals surface area contributed by atoms with E-state index in [-0.39, 0.29) is 0 Å². The van der Waals surface area contributed by atoms with Gasteiger partial charge >= 0.3 is 0 Å². The van der Waals surface area contributed by atoms with Crippen LogP contribution in [0.2, 0.25) is 17.1 Å². The lowest BCUT2D eigenvalue weighted by Crippen LogP contribution is -2.45. The van der Waals surface area contributed by atoms with E-state index >= 15 is 0 Å². The summed E-state index contributed by atoms with van der Waals surface area (Å²) >= 11 is 0. The fourth-order valence-corrected chi connectivity index (χ4v) is 9.73. The molecule has 0 aliphatic carbocycles. The highest BCUT2D eigenvalue weighted by atomic mass is 28.3. The number of nitrogens with one attached hydrogen (secondary N) is 1. The Bertz CT molecular complexity index is 993. The zero-order valence-electron chi connectivity index (χ0n) is 21.6. The Labute approximate surface area is 213 Å². The molecule has 0 aliphatic heterocycles. The second-order valence-corrected chi connectivity index (χ2v) is 15.1. The molecule has 3 aromatic carbocycles. The van der Waals surface area contributed by atoms with Gasteiger partial charge in [-0.15, -0.1) is 5.54 Å². The van der Waals surface area contributed by atoms with E-state index in [0.717, 1.165) is 18.8 Å². The molecule has 0 aliphatic rings. The third-order valence-corrected chi connectivity index (χ3v) is 13.3. The van der Waals surface area contributed by atoms with Crippen molar-refractivity contribution < 1.29 is 4.79 Å². The maximum atomic E-state index is 11.0. The Morgan fingerprint density at radius 2 is 1.20 bits per heavy atom. The van der Waals surface area contributed by atoms with Crippen molar-refractivity contribution in [3.63, 3.8) is 0 Å². The van der Waals surface area contributed by atoms with Gasteiger partial charge in [-0.1, -0.05) is 125 Å². The second kappa shape index (κ2) is 12.7. The van der Waals surface area contributed by atoms with E-state index < -0.39 is 13.6 Å². The molecular formula is C32H39NOSi. The number of carbonyl (C=O) groups excluding carboxylic acids is 1. The monoisotopic (exact) mass is 481 g/mol. The van der Waals surface area contributed by atoms with E-state index in [1.54, 1.807) is 0 Å². The minimum Gasteiger partial charge on any atom is -0.303 e. The van der Waals surface area contributed by atoms with Gasteiger partial charge < -0.3 is 4.79 Å². The van der Waals surface area contributed by atoms with Crippen LogP contribution in [-0.2, 0) is 10.3 Å². The molecule has 0 fully saturated rings. The van der Waals surface area contributed by atoms with Crippen LogP contribution in [-0.4, -0.2) is 20.9 Å². The summed E-state index contributed by atoms with van der Waals surface area (Å²) < 4.78 is 0. The third-order valence-electron chi connectivity index (χ3n) is 7.36. The SMILES string of the molecule is CC(C)[Si](C#CCNC(c1ccccc1)(c1ccccc1)c1ccccc1)(CCCC=O)C(C)C. The van der Waals surface area contributed by atoms with Crippen molar-refractivity contribution in [1.29, 1.82) is 0 Å². The van der Waals surface area contributed by atoms with Crippen LogP contribution in [0.4, 0.5) is 0 Å². The van der Waals surface area contributed by atoms with Crippen molar-refractivity contribution in [3.05, 3.63) is 108 Å². The summed E-state index contributed by atoms with van der Waals surface area (Å²) in [6, 6.07) is 33.1. The molecule has 35 heavy (non-hydrogen) atoms. The number of carbonyl (C=O) groups is 1. The normalized spacial score (nSPS) is 11.8. The van der Waals surface area contributed by atoms with Crippen LogP contribution in [0.1, 0.15) is 57.2 Å². The third kappa shape index (κ3) is 6.01. The zero-order chi connectivity index (χ0) is 25.2. The Morgan fingerprint density at radius 1 is 0.771 bits per heavy atom. The van der Waals surface area contributed by atoms with E-state index in [2.05, 4.69) is 135 Å². The van der Waals surface area contributed by atoms with Crippen LogP contribution in [0.15, 0.2) is 91.0 Å². The Morgan fingerprint density at radius 3 is 1.57 bits per heavy atom. The second-order valence-electron chi connectivity index (χ2n) is 9.91. The standard InChI is InChI=1S/C32H39NOSi/c1-27(2)35(28(3)4,25-15-14-24-34)26-16-23-33-32(29-17-8-5-9-18-29,30-19-10-6-11-20-30)31-21-12-7-13-22-31/h5-13,17-22,24,27-28,33H,14-15,23,25H2,1-4H3. The first-order chi connectivity index (χ1) is 17.0. The molecule has 0 atom stereocenters. The molecule has 182 valence electrons. The predicted molar refractivity (Wildman–Crippen MR) is 151 cm³/mol. The topological polar surface area (TPSA) is 29.1 Å². The van der Waals surface area contributed by atoms with E-state index in [0.29, 0.717) is 24.0 Å². The quantitative estimate of drug-likeness (QED) is 0.102. The van der Waals surface area contributed by atoms with E-state index in [9.17, 15) is 4.79 Å². The van der Waals surface area contributed by atoms with Gasteiger partial charge in [-0.2, -0.15) is 0 Å². The summed E-state index contributed by atoms with van der Waals surface area (Å²) in [5, 5.41) is 3.89. The highest BCUT2D eigenvalue weighted by Crippen LogP contribution is 2.38. The van der Waals surface area contributed by atoms with Gasteiger partial charge in [-0.3, -0.25) is 5.32 Å². The Balaban J connectivity index is 2.05. The molecule has 0 spiro atoms. The molecule has 3 heteroatoms. The summed E-state index contributed by atoms with van der Waals surface area (Å²) in [6.45, 7) is 9.85. The number of hydrogen-bond acceptors (Lipinski definition) is 2. The van der Waals surface area contributed by atoms with Crippen molar-refractivity contribution >= 4 is 14.4 Å². The smallest absolute Gasteiger partial charge is 0.143 e.